The maximum atomic E-state index is 12.2. The fraction of sp³-hybridized carbons (Fsp3) is 0.500. The van der Waals surface area contributed by atoms with E-state index in [2.05, 4.69) is 5.32 Å². The first kappa shape index (κ1) is 18.6. The van der Waals surface area contributed by atoms with Crippen molar-refractivity contribution in [3.8, 4) is 11.5 Å². The summed E-state index contributed by atoms with van der Waals surface area (Å²) < 4.78 is 15.3. The van der Waals surface area contributed by atoms with Gasteiger partial charge in [0.2, 0.25) is 0 Å². The van der Waals surface area contributed by atoms with Crippen LogP contribution in [0.1, 0.15) is 39.3 Å². The van der Waals surface area contributed by atoms with Crippen molar-refractivity contribution in [1.29, 1.82) is 0 Å². The van der Waals surface area contributed by atoms with Crippen LogP contribution in [0.3, 0.4) is 0 Å². The van der Waals surface area contributed by atoms with Crippen LogP contribution in [0.5, 0.6) is 11.5 Å². The highest BCUT2D eigenvalue weighted by atomic mass is 16.6. The van der Waals surface area contributed by atoms with Crippen molar-refractivity contribution in [2.24, 2.45) is 0 Å². The van der Waals surface area contributed by atoms with Gasteiger partial charge in [0.25, 0.3) is 0 Å². The number of aromatic hydroxyl groups is 1. The van der Waals surface area contributed by atoms with E-state index in [1.807, 2.05) is 0 Å². The van der Waals surface area contributed by atoms with Gasteiger partial charge in [0.05, 0.1) is 13.7 Å². The van der Waals surface area contributed by atoms with Crippen LogP contribution in [0.2, 0.25) is 0 Å². The highest BCUT2D eigenvalue weighted by Crippen LogP contribution is 2.30. The number of benzene rings is 1. The molecule has 0 fully saturated rings. The number of carbonyl (C=O) groups is 2. The molecule has 1 rings (SSSR count). The second kappa shape index (κ2) is 7.71. The maximum Gasteiger partial charge on any atom is 0.408 e. The van der Waals surface area contributed by atoms with E-state index in [1.54, 1.807) is 27.7 Å². The highest BCUT2D eigenvalue weighted by Gasteiger charge is 2.29. The Kier molecular flexibility index (Phi) is 6.24. The molecule has 0 saturated heterocycles. The average molecular weight is 325 g/mol. The molecule has 2 N–H and O–H groups in total. The smallest absolute Gasteiger partial charge is 0.408 e. The second-order valence-electron chi connectivity index (χ2n) is 5.76. The Morgan fingerprint density at radius 3 is 2.48 bits per heavy atom. The molecule has 1 aromatic carbocycles. The normalized spacial score (nSPS) is 12.2. The van der Waals surface area contributed by atoms with Gasteiger partial charge in [0.15, 0.2) is 6.04 Å². The zero-order valence-electron chi connectivity index (χ0n) is 14.0. The number of hydrogen-bond acceptors (Lipinski definition) is 6. The van der Waals surface area contributed by atoms with E-state index >= 15 is 0 Å². The standard InChI is InChI=1S/C16H23NO6/c1-6-22-14(19)13(17-15(20)23-16(2,3)4)11-8-7-10(18)9-12(11)21-5/h7-9,13,18H,6H2,1-5H3,(H,17,20)/t13-/m1/s1. The Labute approximate surface area is 135 Å². The number of nitrogens with one attached hydrogen (secondary N) is 1. The predicted molar refractivity (Wildman–Crippen MR) is 83.4 cm³/mol. The zero-order chi connectivity index (χ0) is 17.6. The molecule has 0 aliphatic rings. The summed E-state index contributed by atoms with van der Waals surface area (Å²) in [5.41, 5.74) is -0.350. The largest absolute Gasteiger partial charge is 0.508 e. The molecular weight excluding hydrogens is 302 g/mol. The van der Waals surface area contributed by atoms with Gasteiger partial charge in [0, 0.05) is 11.6 Å². The molecule has 0 unspecified atom stereocenters. The number of esters is 1. The van der Waals surface area contributed by atoms with Gasteiger partial charge in [-0.2, -0.15) is 0 Å². The first-order valence-corrected chi connectivity index (χ1v) is 7.21. The summed E-state index contributed by atoms with van der Waals surface area (Å²) in [4.78, 5) is 24.2. The molecule has 23 heavy (non-hydrogen) atoms. The first-order chi connectivity index (χ1) is 10.7. The van der Waals surface area contributed by atoms with Crippen LogP contribution >= 0.6 is 0 Å². The van der Waals surface area contributed by atoms with E-state index in [4.69, 9.17) is 14.2 Å². The summed E-state index contributed by atoms with van der Waals surface area (Å²) in [6, 6.07) is 3.10. The maximum absolute atomic E-state index is 12.2. The lowest BCUT2D eigenvalue weighted by atomic mass is 10.1. The van der Waals surface area contributed by atoms with Crippen molar-refractivity contribution in [2.75, 3.05) is 13.7 Å². The van der Waals surface area contributed by atoms with Crippen LogP contribution in [0.15, 0.2) is 18.2 Å². The van der Waals surface area contributed by atoms with Gasteiger partial charge < -0.3 is 24.6 Å². The SMILES string of the molecule is CCOC(=O)[C@H](NC(=O)OC(C)(C)C)c1ccc(O)cc1OC. The van der Waals surface area contributed by atoms with Crippen LogP contribution in [0.4, 0.5) is 4.79 Å². The number of carbonyl (C=O) groups excluding carboxylic acids is 2. The average Bonchev–Trinajstić information content (AvgIpc) is 2.43. The second-order valence-corrected chi connectivity index (χ2v) is 5.76. The molecule has 7 heteroatoms. The Morgan fingerprint density at radius 2 is 1.96 bits per heavy atom. The van der Waals surface area contributed by atoms with Gasteiger partial charge in [0.1, 0.15) is 17.1 Å². The predicted octanol–water partition coefficient (Wildman–Crippen LogP) is 2.53. The molecule has 0 radical (unpaired) electrons. The van der Waals surface area contributed by atoms with E-state index < -0.39 is 23.7 Å². The Morgan fingerprint density at radius 1 is 1.30 bits per heavy atom. The van der Waals surface area contributed by atoms with Gasteiger partial charge in [-0.3, -0.25) is 0 Å². The molecule has 1 amide bonds. The molecule has 0 aliphatic carbocycles. The third-order valence-corrected chi connectivity index (χ3v) is 2.71. The number of alkyl carbamates (subject to hydrolysis) is 1. The van der Waals surface area contributed by atoms with Gasteiger partial charge in [-0.25, -0.2) is 9.59 Å². The monoisotopic (exact) mass is 325 g/mol. The molecule has 128 valence electrons. The zero-order valence-corrected chi connectivity index (χ0v) is 14.0. The van der Waals surface area contributed by atoms with Gasteiger partial charge in [-0.1, -0.05) is 0 Å². The summed E-state index contributed by atoms with van der Waals surface area (Å²) in [6.07, 6.45) is -0.759. The lowest BCUT2D eigenvalue weighted by Crippen LogP contribution is -2.39. The molecule has 1 atom stereocenters. The van der Waals surface area contributed by atoms with Crippen molar-refractivity contribution in [2.45, 2.75) is 39.3 Å². The minimum absolute atomic E-state index is 0.0227. The van der Waals surface area contributed by atoms with Gasteiger partial charge in [-0.05, 0) is 39.8 Å². The van der Waals surface area contributed by atoms with E-state index in [0.717, 1.165) is 0 Å². The first-order valence-electron chi connectivity index (χ1n) is 7.21. The van der Waals surface area contributed by atoms with E-state index in [9.17, 15) is 14.7 Å². The van der Waals surface area contributed by atoms with Crippen LogP contribution in [0, 0.1) is 0 Å². The Bertz CT molecular complexity index is 564. The molecule has 1 aromatic rings. The highest BCUT2D eigenvalue weighted by molar-refractivity contribution is 5.83. The fourth-order valence-corrected chi connectivity index (χ4v) is 1.85. The van der Waals surface area contributed by atoms with E-state index in [1.165, 1.54) is 25.3 Å². The number of amides is 1. The summed E-state index contributed by atoms with van der Waals surface area (Å²) in [5.74, 6) is -0.424. The molecule has 0 heterocycles. The topological polar surface area (TPSA) is 94.1 Å². The number of phenolic OH excluding ortho intramolecular Hbond substituents is 1. The van der Waals surface area contributed by atoms with Crippen LogP contribution in [0.25, 0.3) is 0 Å². The fourth-order valence-electron chi connectivity index (χ4n) is 1.85. The van der Waals surface area contributed by atoms with E-state index in [-0.39, 0.29) is 18.1 Å². The minimum atomic E-state index is -1.11. The summed E-state index contributed by atoms with van der Waals surface area (Å²) in [5, 5.41) is 12.0. The van der Waals surface area contributed by atoms with Crippen molar-refractivity contribution < 1.29 is 28.9 Å². The number of methoxy groups -OCH3 is 1. The molecule has 0 aromatic heterocycles. The number of ether oxygens (including phenoxy) is 3. The molecule has 0 bridgehead atoms. The number of phenols is 1. The molecule has 7 nitrogen and oxygen atoms in total. The Balaban J connectivity index is 3.11. The van der Waals surface area contributed by atoms with Crippen LogP contribution in [-0.4, -0.2) is 36.5 Å². The van der Waals surface area contributed by atoms with Crippen LogP contribution in [-0.2, 0) is 14.3 Å². The molecular formula is C16H23NO6. The number of hydrogen-bond donors (Lipinski definition) is 2. The Hall–Kier alpha value is -2.44. The molecule has 0 saturated carbocycles. The quantitative estimate of drug-likeness (QED) is 0.808. The molecule has 0 aliphatic heterocycles. The van der Waals surface area contributed by atoms with Crippen molar-refractivity contribution >= 4 is 12.1 Å². The number of rotatable bonds is 5. The van der Waals surface area contributed by atoms with Crippen LogP contribution < -0.4 is 10.1 Å². The third-order valence-electron chi connectivity index (χ3n) is 2.71. The summed E-state index contributed by atoms with van der Waals surface area (Å²) in [6.45, 7) is 6.97. The third kappa shape index (κ3) is 5.69. The van der Waals surface area contributed by atoms with Crippen molar-refractivity contribution in [3.05, 3.63) is 23.8 Å². The summed E-state index contributed by atoms with van der Waals surface area (Å²) in [7, 11) is 1.40. The van der Waals surface area contributed by atoms with Crippen molar-refractivity contribution in [3.63, 3.8) is 0 Å². The summed E-state index contributed by atoms with van der Waals surface area (Å²) >= 11 is 0. The van der Waals surface area contributed by atoms with E-state index in [0.29, 0.717) is 5.56 Å². The minimum Gasteiger partial charge on any atom is -0.508 e. The van der Waals surface area contributed by atoms with Crippen molar-refractivity contribution in [1.82, 2.24) is 5.32 Å². The molecule has 0 spiro atoms. The van der Waals surface area contributed by atoms with Gasteiger partial charge in [-0.15, -0.1) is 0 Å². The lowest BCUT2D eigenvalue weighted by molar-refractivity contribution is -0.145. The lowest BCUT2D eigenvalue weighted by Gasteiger charge is -2.24. The van der Waals surface area contributed by atoms with Gasteiger partial charge >= 0.3 is 12.1 Å².